The van der Waals surface area contributed by atoms with Crippen LogP contribution in [-0.4, -0.2) is 49.6 Å². The lowest BCUT2D eigenvalue weighted by atomic mass is 10.0. The summed E-state index contributed by atoms with van der Waals surface area (Å²) in [6.45, 7) is 1.01. The summed E-state index contributed by atoms with van der Waals surface area (Å²) in [7, 11) is -3.92. The Morgan fingerprint density at radius 3 is 2.41 bits per heavy atom. The third-order valence-electron chi connectivity index (χ3n) is 4.39. The number of nitrogens with zero attached hydrogens (tertiary/aromatic N) is 1. The molecule has 1 aromatic heterocycles. The third-order valence-corrected chi connectivity index (χ3v) is 5.53. The monoisotopic (exact) mass is 466 g/mol. The van der Waals surface area contributed by atoms with E-state index in [1.54, 1.807) is 0 Å². The summed E-state index contributed by atoms with van der Waals surface area (Å²) in [5.41, 5.74) is 4.63. The number of ether oxygens (including phenoxy) is 1. The Kier molecular flexibility index (Phi) is 6.10. The van der Waals surface area contributed by atoms with Crippen LogP contribution in [0.1, 0.15) is 17.3 Å². The summed E-state index contributed by atoms with van der Waals surface area (Å²) in [6, 6.07) is 7.06. The van der Waals surface area contributed by atoms with E-state index in [-0.39, 0.29) is 40.1 Å². The van der Waals surface area contributed by atoms with Gasteiger partial charge < -0.3 is 25.1 Å². The Bertz CT molecular complexity index is 1300. The third kappa shape index (κ3) is 4.65. The van der Waals surface area contributed by atoms with Gasteiger partial charge in [0.15, 0.2) is 0 Å². The van der Waals surface area contributed by atoms with Crippen molar-refractivity contribution < 1.29 is 41.8 Å². The van der Waals surface area contributed by atoms with Crippen molar-refractivity contribution in [2.45, 2.75) is 13.0 Å². The lowest BCUT2D eigenvalue weighted by molar-refractivity contribution is 0.0640. The molecule has 0 radical (unpaired) electrons. The molecule has 1 atom stereocenters. The highest BCUT2D eigenvalue weighted by molar-refractivity contribution is 7.92. The summed E-state index contributed by atoms with van der Waals surface area (Å²) >= 11 is 0. The van der Waals surface area contributed by atoms with E-state index in [2.05, 4.69) is 4.74 Å². The molecule has 12 heteroatoms. The number of rotatable bonds is 6. The highest BCUT2D eigenvalue weighted by Gasteiger charge is 2.29. The number of nitrogens with two attached hydrogens (primary N) is 1. The largest absolute Gasteiger partial charge is 0.506 e. The van der Waals surface area contributed by atoms with E-state index in [0.717, 1.165) is 34.8 Å². The van der Waals surface area contributed by atoms with Crippen LogP contribution in [0, 0.1) is 5.82 Å². The molecule has 170 valence electrons. The number of primary amides is 1. The Labute approximate surface area is 181 Å². The van der Waals surface area contributed by atoms with Gasteiger partial charge in [0.05, 0.1) is 24.6 Å². The molecule has 2 aromatic carbocycles. The topological polar surface area (TPSA) is 160 Å². The molecule has 1 heterocycles. The minimum atomic E-state index is -3.92. The van der Waals surface area contributed by atoms with Crippen molar-refractivity contribution in [2.24, 2.45) is 5.73 Å². The first-order valence-electron chi connectivity index (χ1n) is 9.11. The Morgan fingerprint density at radius 1 is 1.25 bits per heavy atom. The van der Waals surface area contributed by atoms with E-state index in [1.165, 1.54) is 19.1 Å². The van der Waals surface area contributed by atoms with Crippen LogP contribution in [0.25, 0.3) is 22.3 Å². The van der Waals surface area contributed by atoms with Crippen molar-refractivity contribution in [3.05, 3.63) is 47.8 Å². The number of halogens is 1. The summed E-state index contributed by atoms with van der Waals surface area (Å²) in [5.74, 6) is -2.41. The van der Waals surface area contributed by atoms with Gasteiger partial charge in [-0.3, -0.25) is 4.31 Å². The number of hydrogen-bond acceptors (Lipinski definition) is 8. The Hall–Kier alpha value is -3.64. The van der Waals surface area contributed by atoms with Crippen LogP contribution < -0.4 is 10.0 Å². The van der Waals surface area contributed by atoms with Crippen LogP contribution in [0.15, 0.2) is 40.8 Å². The van der Waals surface area contributed by atoms with E-state index in [9.17, 15) is 32.6 Å². The molecule has 3 rings (SSSR count). The summed E-state index contributed by atoms with van der Waals surface area (Å²) < 4.78 is 48.7. The van der Waals surface area contributed by atoms with Gasteiger partial charge in [-0.25, -0.2) is 22.4 Å². The first-order valence-corrected chi connectivity index (χ1v) is 11.0. The molecule has 1 amide bonds. The molecule has 3 aromatic rings. The van der Waals surface area contributed by atoms with Gasteiger partial charge >= 0.3 is 12.1 Å². The fourth-order valence-electron chi connectivity index (χ4n) is 3.12. The molecule has 0 bridgehead atoms. The second kappa shape index (κ2) is 8.48. The van der Waals surface area contributed by atoms with Gasteiger partial charge in [-0.15, -0.1) is 0 Å². The molecule has 4 N–H and O–H groups in total. The predicted molar refractivity (Wildman–Crippen MR) is 112 cm³/mol. The van der Waals surface area contributed by atoms with Crippen molar-refractivity contribution in [3.8, 4) is 17.1 Å². The van der Waals surface area contributed by atoms with E-state index in [0.29, 0.717) is 0 Å². The molecule has 0 saturated carbocycles. The van der Waals surface area contributed by atoms with E-state index in [4.69, 9.17) is 10.2 Å². The normalized spacial score (nSPS) is 12.5. The number of carbonyl (C=O) groups is 2. The zero-order valence-electron chi connectivity index (χ0n) is 16.9. The first kappa shape index (κ1) is 23.0. The van der Waals surface area contributed by atoms with Crippen molar-refractivity contribution in [3.63, 3.8) is 0 Å². The lowest BCUT2D eigenvalue weighted by Gasteiger charge is -2.24. The average Bonchev–Trinajstić information content (AvgIpc) is 3.03. The molecule has 1 unspecified atom stereocenters. The van der Waals surface area contributed by atoms with Gasteiger partial charge in [-0.2, -0.15) is 0 Å². The molecular weight excluding hydrogens is 447 g/mol. The number of hydrogen-bond donors (Lipinski definition) is 3. The maximum absolute atomic E-state index is 13.3. The van der Waals surface area contributed by atoms with Crippen molar-refractivity contribution in [2.75, 3.05) is 17.1 Å². The molecule has 0 aliphatic rings. The number of carbonyl (C=O) groups excluding carboxylic acids is 2. The minimum absolute atomic E-state index is 0.0117. The van der Waals surface area contributed by atoms with E-state index < -0.39 is 39.8 Å². The number of aliphatic hydroxyl groups is 1. The number of phenols is 1. The fraction of sp³-hybridized carbons (Fsp3) is 0.200. The van der Waals surface area contributed by atoms with Crippen LogP contribution in [0.5, 0.6) is 5.75 Å². The fourth-order valence-corrected chi connectivity index (χ4v) is 4.11. The highest BCUT2D eigenvalue weighted by Crippen LogP contribution is 2.40. The molecule has 0 spiro atoms. The van der Waals surface area contributed by atoms with Crippen molar-refractivity contribution in [1.29, 1.82) is 0 Å². The van der Waals surface area contributed by atoms with Crippen molar-refractivity contribution in [1.82, 2.24) is 0 Å². The maximum Gasteiger partial charge on any atom is 0.412 e. The number of sulfonamides is 1. The van der Waals surface area contributed by atoms with Crippen LogP contribution in [0.3, 0.4) is 0 Å². The van der Waals surface area contributed by atoms with Gasteiger partial charge in [0.1, 0.15) is 28.5 Å². The van der Waals surface area contributed by atoms with Crippen LogP contribution in [-0.2, 0) is 14.8 Å². The summed E-state index contributed by atoms with van der Waals surface area (Å²) in [4.78, 5) is 23.7. The van der Waals surface area contributed by atoms with Crippen LogP contribution in [0.4, 0.5) is 14.9 Å². The van der Waals surface area contributed by atoms with Gasteiger partial charge in [0.2, 0.25) is 10.0 Å². The molecular formula is C20H19FN2O8S. The SMILES string of the molecule is CC(O)CN(c1cc2oc(-c3ccc(F)cc3)c(C(=O)OC(N)=O)c2cc1O)S(C)(=O)=O. The quantitative estimate of drug-likeness (QED) is 0.368. The molecule has 10 nitrogen and oxygen atoms in total. The summed E-state index contributed by atoms with van der Waals surface area (Å²) in [6.07, 6.45) is -1.55. The number of aliphatic hydroxyl groups excluding tert-OH is 1. The number of furan rings is 1. The zero-order valence-corrected chi connectivity index (χ0v) is 17.7. The molecule has 0 aliphatic heterocycles. The standard InChI is InChI=1S/C20H19FN2O8S/c1-10(24)9-23(32(2,28)29)14-8-16-13(7-15(14)25)17(19(26)31-20(22)27)18(30-16)11-3-5-12(21)6-4-11/h3-8,10,24-25H,9H2,1-2H3,(H2,22,27). The average molecular weight is 466 g/mol. The number of esters is 1. The summed E-state index contributed by atoms with van der Waals surface area (Å²) in [5, 5.41) is 20.2. The Morgan fingerprint density at radius 2 is 1.88 bits per heavy atom. The molecule has 0 aliphatic carbocycles. The number of fused-ring (bicyclic) bond motifs is 1. The Balaban J connectivity index is 2.29. The lowest BCUT2D eigenvalue weighted by Crippen LogP contribution is -2.35. The van der Waals surface area contributed by atoms with Crippen LogP contribution in [0.2, 0.25) is 0 Å². The maximum atomic E-state index is 13.3. The first-order chi connectivity index (χ1) is 14.9. The molecule has 32 heavy (non-hydrogen) atoms. The number of aromatic hydroxyl groups is 1. The smallest absolute Gasteiger partial charge is 0.412 e. The highest BCUT2D eigenvalue weighted by atomic mass is 32.2. The van der Waals surface area contributed by atoms with Crippen molar-refractivity contribution >= 4 is 38.7 Å². The zero-order chi connectivity index (χ0) is 23.8. The molecule has 0 fully saturated rings. The minimum Gasteiger partial charge on any atom is -0.506 e. The van der Waals surface area contributed by atoms with Gasteiger partial charge in [-0.05, 0) is 37.3 Å². The van der Waals surface area contributed by atoms with E-state index in [1.807, 2.05) is 0 Å². The van der Waals surface area contributed by atoms with E-state index >= 15 is 0 Å². The predicted octanol–water partition coefficient (Wildman–Crippen LogP) is 2.33. The number of benzene rings is 2. The second-order valence-electron chi connectivity index (χ2n) is 7.00. The number of anilines is 1. The van der Waals surface area contributed by atoms with Crippen LogP contribution >= 0.6 is 0 Å². The number of amides is 1. The van der Waals surface area contributed by atoms with Gasteiger partial charge in [-0.1, -0.05) is 0 Å². The van der Waals surface area contributed by atoms with Gasteiger partial charge in [0, 0.05) is 17.0 Å². The van der Waals surface area contributed by atoms with Gasteiger partial charge in [0.25, 0.3) is 0 Å². The second-order valence-corrected chi connectivity index (χ2v) is 8.91. The number of phenolic OH excluding ortho intramolecular Hbond substituents is 1. The molecule has 0 saturated heterocycles.